The van der Waals surface area contributed by atoms with Crippen molar-refractivity contribution in [2.24, 2.45) is 0 Å². The van der Waals surface area contributed by atoms with Crippen molar-refractivity contribution in [3.05, 3.63) is 23.8 Å². The second-order valence-corrected chi connectivity index (χ2v) is 3.06. The summed E-state index contributed by atoms with van der Waals surface area (Å²) in [6, 6.07) is 7.49. The lowest BCUT2D eigenvalue weighted by atomic mass is 10.1. The molecule has 14 heavy (non-hydrogen) atoms. The van der Waals surface area contributed by atoms with E-state index in [4.69, 9.17) is 11.0 Å². The van der Waals surface area contributed by atoms with Crippen LogP contribution in [0.25, 0.3) is 0 Å². The van der Waals surface area contributed by atoms with E-state index in [1.54, 1.807) is 12.1 Å². The lowest BCUT2D eigenvalue weighted by Crippen LogP contribution is -2.22. The monoisotopic (exact) mass is 189 g/mol. The Balaban J connectivity index is 3.05. The summed E-state index contributed by atoms with van der Waals surface area (Å²) in [5.74, 6) is 0. The fraction of sp³-hybridized carbons (Fsp3) is 0.364. The van der Waals surface area contributed by atoms with E-state index < -0.39 is 0 Å². The number of hydrogen-bond donors (Lipinski definition) is 1. The summed E-state index contributed by atoms with van der Waals surface area (Å²) in [5, 5.41) is 8.69. The van der Waals surface area contributed by atoms with Crippen molar-refractivity contribution >= 4 is 11.4 Å². The molecule has 0 spiro atoms. The highest BCUT2D eigenvalue weighted by atomic mass is 15.1. The fourth-order valence-corrected chi connectivity index (χ4v) is 1.48. The van der Waals surface area contributed by atoms with Crippen LogP contribution in [0.4, 0.5) is 11.4 Å². The van der Waals surface area contributed by atoms with Crippen molar-refractivity contribution in [2.45, 2.75) is 13.8 Å². The van der Waals surface area contributed by atoms with Gasteiger partial charge in [-0.15, -0.1) is 0 Å². The summed E-state index contributed by atoms with van der Waals surface area (Å²) in [6.07, 6.45) is 0. The third-order valence-electron chi connectivity index (χ3n) is 2.26. The van der Waals surface area contributed by atoms with Gasteiger partial charge in [0.2, 0.25) is 0 Å². The number of nitrogen functional groups attached to an aromatic ring is 1. The van der Waals surface area contributed by atoms with E-state index in [9.17, 15) is 0 Å². The highest BCUT2D eigenvalue weighted by Crippen LogP contribution is 2.23. The molecule has 3 heteroatoms. The maximum atomic E-state index is 8.69. The molecule has 3 nitrogen and oxygen atoms in total. The maximum absolute atomic E-state index is 8.69. The van der Waals surface area contributed by atoms with Crippen molar-refractivity contribution in [1.82, 2.24) is 0 Å². The van der Waals surface area contributed by atoms with Crippen molar-refractivity contribution in [3.63, 3.8) is 0 Å². The van der Waals surface area contributed by atoms with Crippen molar-refractivity contribution < 1.29 is 0 Å². The molecule has 0 radical (unpaired) electrons. The number of benzene rings is 1. The molecule has 0 heterocycles. The Kier molecular flexibility index (Phi) is 3.35. The van der Waals surface area contributed by atoms with Gasteiger partial charge in [0.05, 0.1) is 23.0 Å². The van der Waals surface area contributed by atoms with Crippen LogP contribution in [0.5, 0.6) is 0 Å². The molecule has 0 aliphatic carbocycles. The van der Waals surface area contributed by atoms with Crippen molar-refractivity contribution in [3.8, 4) is 6.07 Å². The Morgan fingerprint density at radius 3 is 2.43 bits per heavy atom. The molecule has 1 aromatic carbocycles. The van der Waals surface area contributed by atoms with Crippen molar-refractivity contribution in [1.29, 1.82) is 5.26 Å². The van der Waals surface area contributed by atoms with Gasteiger partial charge in [-0.2, -0.15) is 5.26 Å². The highest BCUT2D eigenvalue weighted by Gasteiger charge is 2.05. The zero-order valence-corrected chi connectivity index (χ0v) is 8.62. The summed E-state index contributed by atoms with van der Waals surface area (Å²) in [5.41, 5.74) is 8.15. The normalized spacial score (nSPS) is 9.50. The summed E-state index contributed by atoms with van der Waals surface area (Å²) < 4.78 is 0. The molecule has 74 valence electrons. The average molecular weight is 189 g/mol. The molecule has 1 aromatic rings. The van der Waals surface area contributed by atoms with Crippen LogP contribution in [-0.4, -0.2) is 13.1 Å². The first-order chi connectivity index (χ1) is 6.72. The molecular formula is C11H15N3. The van der Waals surface area contributed by atoms with E-state index in [-0.39, 0.29) is 0 Å². The Morgan fingerprint density at radius 2 is 2.00 bits per heavy atom. The topological polar surface area (TPSA) is 53.0 Å². The van der Waals surface area contributed by atoms with Crippen LogP contribution < -0.4 is 10.6 Å². The largest absolute Gasteiger partial charge is 0.397 e. The van der Waals surface area contributed by atoms with Gasteiger partial charge >= 0.3 is 0 Å². The first kappa shape index (κ1) is 10.4. The summed E-state index contributed by atoms with van der Waals surface area (Å²) in [7, 11) is 0. The Morgan fingerprint density at radius 1 is 1.36 bits per heavy atom. The SMILES string of the molecule is CCN(CC)c1ccc(C#N)cc1N. The molecule has 0 aliphatic heterocycles. The molecule has 0 atom stereocenters. The van der Waals surface area contributed by atoms with E-state index in [0.717, 1.165) is 18.8 Å². The van der Waals surface area contributed by atoms with Gasteiger partial charge in [0.25, 0.3) is 0 Å². The smallest absolute Gasteiger partial charge is 0.0992 e. The molecule has 0 fully saturated rings. The molecule has 0 saturated heterocycles. The third kappa shape index (κ3) is 1.97. The average Bonchev–Trinajstić information content (AvgIpc) is 2.22. The summed E-state index contributed by atoms with van der Waals surface area (Å²) >= 11 is 0. The van der Waals surface area contributed by atoms with Crippen LogP contribution in [0.15, 0.2) is 18.2 Å². The number of nitrogens with two attached hydrogens (primary N) is 1. The first-order valence-corrected chi connectivity index (χ1v) is 4.77. The van der Waals surface area contributed by atoms with Crippen LogP contribution >= 0.6 is 0 Å². The van der Waals surface area contributed by atoms with Gasteiger partial charge in [0.1, 0.15) is 0 Å². The highest BCUT2D eigenvalue weighted by molar-refractivity contribution is 5.69. The van der Waals surface area contributed by atoms with Gasteiger partial charge in [0.15, 0.2) is 0 Å². The molecule has 0 aliphatic rings. The number of anilines is 2. The fourth-order valence-electron chi connectivity index (χ4n) is 1.48. The van der Waals surface area contributed by atoms with Crippen LogP contribution in [-0.2, 0) is 0 Å². The van der Waals surface area contributed by atoms with Crippen LogP contribution in [0, 0.1) is 11.3 Å². The van der Waals surface area contributed by atoms with Gasteiger partial charge < -0.3 is 10.6 Å². The quantitative estimate of drug-likeness (QED) is 0.740. The van der Waals surface area contributed by atoms with Gasteiger partial charge in [0, 0.05) is 13.1 Å². The van der Waals surface area contributed by atoms with E-state index in [1.807, 2.05) is 6.07 Å². The molecule has 0 aromatic heterocycles. The minimum atomic E-state index is 0.610. The van der Waals surface area contributed by atoms with E-state index in [0.29, 0.717) is 11.3 Å². The maximum Gasteiger partial charge on any atom is 0.0992 e. The number of hydrogen-bond acceptors (Lipinski definition) is 3. The van der Waals surface area contributed by atoms with Gasteiger partial charge in [-0.3, -0.25) is 0 Å². The molecule has 0 unspecified atom stereocenters. The molecule has 0 saturated carbocycles. The lowest BCUT2D eigenvalue weighted by molar-refractivity contribution is 0.868. The summed E-state index contributed by atoms with van der Waals surface area (Å²) in [4.78, 5) is 2.16. The van der Waals surface area contributed by atoms with E-state index in [2.05, 4.69) is 24.8 Å². The van der Waals surface area contributed by atoms with Gasteiger partial charge in [-0.05, 0) is 32.0 Å². The minimum Gasteiger partial charge on any atom is -0.397 e. The first-order valence-electron chi connectivity index (χ1n) is 4.77. The second kappa shape index (κ2) is 4.52. The van der Waals surface area contributed by atoms with Crippen LogP contribution in [0.3, 0.4) is 0 Å². The summed E-state index contributed by atoms with van der Waals surface area (Å²) in [6.45, 7) is 6.02. The zero-order valence-electron chi connectivity index (χ0n) is 8.62. The van der Waals surface area contributed by atoms with Crippen molar-refractivity contribution in [2.75, 3.05) is 23.7 Å². The standard InChI is InChI=1S/C11H15N3/c1-3-14(4-2)11-6-5-9(8-12)7-10(11)13/h5-7H,3-4,13H2,1-2H3. The lowest BCUT2D eigenvalue weighted by Gasteiger charge is -2.22. The minimum absolute atomic E-state index is 0.610. The zero-order chi connectivity index (χ0) is 10.6. The van der Waals surface area contributed by atoms with E-state index in [1.165, 1.54) is 0 Å². The Bertz CT molecular complexity index is 348. The predicted molar refractivity (Wildman–Crippen MR) is 59.1 cm³/mol. The molecular weight excluding hydrogens is 174 g/mol. The van der Waals surface area contributed by atoms with Crippen LogP contribution in [0.2, 0.25) is 0 Å². The third-order valence-corrected chi connectivity index (χ3v) is 2.26. The van der Waals surface area contributed by atoms with Crippen LogP contribution in [0.1, 0.15) is 19.4 Å². The Labute approximate surface area is 84.7 Å². The van der Waals surface area contributed by atoms with E-state index >= 15 is 0 Å². The molecule has 2 N–H and O–H groups in total. The predicted octanol–water partition coefficient (Wildman–Crippen LogP) is 1.99. The Hall–Kier alpha value is -1.69. The number of rotatable bonds is 3. The van der Waals surface area contributed by atoms with Gasteiger partial charge in [-0.1, -0.05) is 0 Å². The van der Waals surface area contributed by atoms with Gasteiger partial charge in [-0.25, -0.2) is 0 Å². The molecule has 0 amide bonds. The molecule has 1 rings (SSSR count). The second-order valence-electron chi connectivity index (χ2n) is 3.06. The number of nitrogens with zero attached hydrogens (tertiary/aromatic N) is 2. The number of nitriles is 1. The molecule has 0 bridgehead atoms.